The lowest BCUT2D eigenvalue weighted by molar-refractivity contribution is -0.138. The molecule has 0 amide bonds. The Kier molecular flexibility index (Phi) is 7.66. The molecule has 1 fully saturated rings. The molecule has 5 aliphatic rings. The van der Waals surface area contributed by atoms with Crippen molar-refractivity contribution in [2.75, 3.05) is 6.54 Å². The lowest BCUT2D eigenvalue weighted by Gasteiger charge is -2.48. The standard InChI is InChI=1S/C32H45NO4/c1-19-8-6-9-29-32(13-7-15-33-29)14-12-25(28-18-22(4)31(35)37-28)23(5)26(32)17-20(2)27(34)11-10-24-16-21(3)30(19)36-24/h8,17-18,21,24,26-28,30,34H,6-7,9-16H2,1-5H3/b19-8+,20-17+/t21-,24-,26+,27+,28-,30+,32-/m0/s1. The smallest absolute Gasteiger partial charge is 0.334 e. The molecule has 0 aromatic rings. The number of fused-ring (bicyclic) bond motifs is 2. The molecule has 1 saturated heterocycles. The Balaban J connectivity index is 1.55. The molecule has 1 spiro atoms. The highest BCUT2D eigenvalue weighted by atomic mass is 16.5. The predicted octanol–water partition coefficient (Wildman–Crippen LogP) is 6.43. The number of allylic oxidation sites excluding steroid dienone is 3. The minimum absolute atomic E-state index is 0.0289. The minimum atomic E-state index is -0.481. The van der Waals surface area contributed by atoms with Crippen molar-refractivity contribution in [3.05, 3.63) is 46.1 Å². The zero-order valence-electron chi connectivity index (χ0n) is 23.4. The first kappa shape index (κ1) is 26.6. The van der Waals surface area contributed by atoms with E-state index in [1.54, 1.807) is 0 Å². The third-order valence-electron chi connectivity index (χ3n) is 9.87. The average Bonchev–Trinajstić information content (AvgIpc) is 3.41. The highest BCUT2D eigenvalue weighted by Gasteiger charge is 2.48. The molecule has 0 unspecified atom stereocenters. The lowest BCUT2D eigenvalue weighted by Crippen LogP contribution is -2.44. The van der Waals surface area contributed by atoms with Gasteiger partial charge in [0.25, 0.3) is 0 Å². The Morgan fingerprint density at radius 2 is 1.86 bits per heavy atom. The van der Waals surface area contributed by atoms with E-state index in [2.05, 4.69) is 39.8 Å². The Hall–Kier alpha value is -1.98. The third kappa shape index (κ3) is 5.06. The first-order valence-electron chi connectivity index (χ1n) is 14.5. The summed E-state index contributed by atoms with van der Waals surface area (Å²) in [5, 5.41) is 11.2. The Labute approximate surface area is 222 Å². The van der Waals surface area contributed by atoms with Crippen LogP contribution >= 0.6 is 0 Å². The fraction of sp³-hybridized carbons (Fsp3) is 0.688. The van der Waals surface area contributed by atoms with Crippen LogP contribution in [0.4, 0.5) is 0 Å². The molecular formula is C32H45NO4. The number of aliphatic hydroxyl groups is 1. The molecule has 5 nitrogen and oxygen atoms in total. The van der Waals surface area contributed by atoms with Crippen LogP contribution in [0.15, 0.2) is 51.1 Å². The number of nitrogens with zero attached hydrogens (tertiary/aromatic N) is 1. The fourth-order valence-electron chi connectivity index (χ4n) is 7.70. The number of hydrogen-bond acceptors (Lipinski definition) is 5. The van der Waals surface area contributed by atoms with Crippen molar-refractivity contribution < 1.29 is 19.4 Å². The van der Waals surface area contributed by atoms with Gasteiger partial charge in [0, 0.05) is 29.2 Å². The highest BCUT2D eigenvalue weighted by Crippen LogP contribution is 2.53. The monoisotopic (exact) mass is 507 g/mol. The maximum absolute atomic E-state index is 12.2. The van der Waals surface area contributed by atoms with Gasteiger partial charge in [-0.05, 0) is 114 Å². The molecule has 0 aromatic heterocycles. The van der Waals surface area contributed by atoms with Crippen LogP contribution in [0, 0.1) is 17.3 Å². The van der Waals surface area contributed by atoms with Gasteiger partial charge in [0.05, 0.1) is 18.3 Å². The zero-order valence-corrected chi connectivity index (χ0v) is 23.4. The normalized spacial score (nSPS) is 42.2. The number of aliphatic imine (C=N–C) groups is 1. The highest BCUT2D eigenvalue weighted by molar-refractivity contribution is 5.93. The van der Waals surface area contributed by atoms with E-state index >= 15 is 0 Å². The second kappa shape index (κ2) is 10.6. The number of carbonyl (C=O) groups excluding carboxylic acids is 1. The molecular weight excluding hydrogens is 462 g/mol. The second-order valence-corrected chi connectivity index (χ2v) is 12.3. The van der Waals surface area contributed by atoms with E-state index in [0.29, 0.717) is 17.9 Å². The summed E-state index contributed by atoms with van der Waals surface area (Å²) in [4.78, 5) is 17.4. The molecule has 0 saturated carbocycles. The summed E-state index contributed by atoms with van der Waals surface area (Å²) < 4.78 is 12.2. The molecule has 5 rings (SSSR count). The van der Waals surface area contributed by atoms with Crippen molar-refractivity contribution in [2.24, 2.45) is 22.2 Å². The van der Waals surface area contributed by atoms with E-state index in [0.717, 1.165) is 63.5 Å². The van der Waals surface area contributed by atoms with Gasteiger partial charge in [-0.15, -0.1) is 0 Å². The maximum atomic E-state index is 12.2. The number of hydrogen-bond donors (Lipinski definition) is 1. The summed E-state index contributed by atoms with van der Waals surface area (Å²) in [7, 11) is 0. The van der Waals surface area contributed by atoms with Gasteiger partial charge in [-0.3, -0.25) is 4.99 Å². The van der Waals surface area contributed by atoms with Crippen molar-refractivity contribution in [3.63, 3.8) is 0 Å². The van der Waals surface area contributed by atoms with Gasteiger partial charge in [-0.2, -0.15) is 0 Å². The molecule has 7 atom stereocenters. The summed E-state index contributed by atoms with van der Waals surface area (Å²) in [6, 6.07) is 0. The summed E-state index contributed by atoms with van der Waals surface area (Å²) in [5.74, 6) is 0.459. The summed E-state index contributed by atoms with van der Waals surface area (Å²) >= 11 is 0. The maximum Gasteiger partial charge on any atom is 0.334 e. The van der Waals surface area contributed by atoms with Gasteiger partial charge >= 0.3 is 5.97 Å². The number of esters is 1. The van der Waals surface area contributed by atoms with Crippen molar-refractivity contribution in [2.45, 2.75) is 117 Å². The second-order valence-electron chi connectivity index (χ2n) is 12.3. The van der Waals surface area contributed by atoms with Gasteiger partial charge in [0.15, 0.2) is 0 Å². The van der Waals surface area contributed by atoms with Crippen molar-refractivity contribution in [1.29, 1.82) is 0 Å². The van der Waals surface area contributed by atoms with Crippen molar-refractivity contribution in [3.8, 4) is 0 Å². The van der Waals surface area contributed by atoms with Crippen LogP contribution in [-0.2, 0) is 14.3 Å². The van der Waals surface area contributed by atoms with Crippen LogP contribution in [0.1, 0.15) is 92.4 Å². The van der Waals surface area contributed by atoms with Gasteiger partial charge in [-0.25, -0.2) is 4.79 Å². The first-order valence-corrected chi connectivity index (χ1v) is 14.5. The molecule has 4 aliphatic heterocycles. The van der Waals surface area contributed by atoms with Gasteiger partial charge in [0.1, 0.15) is 6.10 Å². The molecule has 0 aromatic carbocycles. The van der Waals surface area contributed by atoms with Crippen LogP contribution in [0.2, 0.25) is 0 Å². The zero-order chi connectivity index (χ0) is 26.3. The fourth-order valence-corrected chi connectivity index (χ4v) is 7.70. The SMILES string of the molecule is CC1=C[C@@H](C2=C(C)[C@H]3/C=C(\C)[C@H](O)CC[C@H]4C[C@H](C)[C@H](O4)/C(C)=C/CCC4=NCCC[C@@]43CC2)OC1=O. The number of carbonyl (C=O) groups is 1. The number of ether oxygens (including phenoxy) is 2. The number of cyclic esters (lactones) is 1. The quantitative estimate of drug-likeness (QED) is 0.328. The van der Waals surface area contributed by atoms with Gasteiger partial charge < -0.3 is 14.6 Å². The van der Waals surface area contributed by atoms with E-state index in [1.807, 2.05) is 13.0 Å². The van der Waals surface area contributed by atoms with Crippen LogP contribution in [0.25, 0.3) is 0 Å². The molecule has 2 bridgehead atoms. The summed E-state index contributed by atoms with van der Waals surface area (Å²) in [5.41, 5.74) is 6.92. The number of aliphatic hydroxyl groups excluding tert-OH is 1. The largest absolute Gasteiger partial charge is 0.450 e. The van der Waals surface area contributed by atoms with Crippen molar-refractivity contribution in [1.82, 2.24) is 0 Å². The molecule has 1 N–H and O–H groups in total. The topological polar surface area (TPSA) is 68.1 Å². The molecule has 37 heavy (non-hydrogen) atoms. The Bertz CT molecular complexity index is 1080. The molecule has 1 aliphatic carbocycles. The van der Waals surface area contributed by atoms with Gasteiger partial charge in [-0.1, -0.05) is 24.6 Å². The Morgan fingerprint density at radius 3 is 2.62 bits per heavy atom. The van der Waals surface area contributed by atoms with E-state index in [9.17, 15) is 9.90 Å². The van der Waals surface area contributed by atoms with E-state index in [4.69, 9.17) is 14.5 Å². The lowest BCUT2D eigenvalue weighted by atomic mass is 9.57. The summed E-state index contributed by atoms with van der Waals surface area (Å²) in [6.45, 7) is 11.6. The van der Waals surface area contributed by atoms with Gasteiger partial charge in [0.2, 0.25) is 0 Å². The van der Waals surface area contributed by atoms with Crippen LogP contribution in [-0.4, -0.2) is 47.7 Å². The Morgan fingerprint density at radius 1 is 1.05 bits per heavy atom. The molecule has 4 heterocycles. The van der Waals surface area contributed by atoms with Crippen LogP contribution in [0.5, 0.6) is 0 Å². The predicted molar refractivity (Wildman–Crippen MR) is 147 cm³/mol. The third-order valence-corrected chi connectivity index (χ3v) is 9.87. The summed E-state index contributed by atoms with van der Waals surface area (Å²) in [6.07, 6.45) is 15.1. The van der Waals surface area contributed by atoms with E-state index in [1.165, 1.54) is 22.4 Å². The van der Waals surface area contributed by atoms with E-state index in [-0.39, 0.29) is 35.6 Å². The van der Waals surface area contributed by atoms with Crippen LogP contribution in [0.3, 0.4) is 0 Å². The molecule has 202 valence electrons. The average molecular weight is 508 g/mol. The molecule has 0 radical (unpaired) electrons. The number of rotatable bonds is 1. The minimum Gasteiger partial charge on any atom is -0.450 e. The van der Waals surface area contributed by atoms with E-state index < -0.39 is 6.10 Å². The van der Waals surface area contributed by atoms with Crippen LogP contribution < -0.4 is 0 Å². The van der Waals surface area contributed by atoms with Crippen molar-refractivity contribution >= 4 is 11.7 Å². The first-order chi connectivity index (χ1) is 17.7. The molecule has 5 heteroatoms.